The van der Waals surface area contributed by atoms with Crippen molar-refractivity contribution in [3.05, 3.63) is 11.6 Å². The number of rotatable bonds is 13. The molecule has 0 radical (unpaired) electrons. The fourth-order valence-corrected chi connectivity index (χ4v) is 16.5. The maximum Gasteiger partial charge on any atom is 0.315 e. The van der Waals surface area contributed by atoms with Crippen molar-refractivity contribution in [2.24, 2.45) is 50.2 Å². The van der Waals surface area contributed by atoms with Crippen molar-refractivity contribution in [2.75, 3.05) is 33.0 Å². The Morgan fingerprint density at radius 3 is 1.53 bits per heavy atom. The van der Waals surface area contributed by atoms with Gasteiger partial charge in [0.2, 0.25) is 6.29 Å². The third-order valence-electron chi connectivity index (χ3n) is 21.6. The summed E-state index contributed by atoms with van der Waals surface area (Å²) in [5, 5.41) is 160. The average Bonchev–Trinajstić information content (AvgIpc) is 3.49. The molecule has 0 amide bonds. The highest BCUT2D eigenvalue weighted by molar-refractivity contribution is 5.79. The van der Waals surface area contributed by atoms with Gasteiger partial charge in [0.15, 0.2) is 18.9 Å². The molecule has 4 saturated carbocycles. The van der Waals surface area contributed by atoms with Crippen LogP contribution in [0.25, 0.3) is 0 Å². The first-order valence-corrected chi connectivity index (χ1v) is 28.0. The van der Waals surface area contributed by atoms with E-state index in [1.807, 2.05) is 6.92 Å². The predicted octanol–water partition coefficient (Wildman–Crippen LogP) is -3.06. The van der Waals surface area contributed by atoms with Crippen LogP contribution in [0.1, 0.15) is 106 Å². The maximum absolute atomic E-state index is 14.7. The number of esters is 1. The number of ether oxygens (including phenoxy) is 8. The molecule has 78 heavy (non-hydrogen) atoms. The second-order valence-electron chi connectivity index (χ2n) is 26.1. The van der Waals surface area contributed by atoms with E-state index >= 15 is 0 Å². The smallest absolute Gasteiger partial charge is 0.315 e. The monoisotopic (exact) mass is 1120 g/mol. The van der Waals surface area contributed by atoms with E-state index in [2.05, 4.69) is 40.7 Å². The molecule has 24 heteroatoms. The van der Waals surface area contributed by atoms with E-state index in [9.17, 15) is 81.4 Å². The summed E-state index contributed by atoms with van der Waals surface area (Å²) in [5.74, 6) is -0.715. The predicted molar refractivity (Wildman–Crippen MR) is 264 cm³/mol. The summed E-state index contributed by atoms with van der Waals surface area (Å²) in [6, 6.07) is 0. The highest BCUT2D eigenvalue weighted by Gasteiger charge is 2.71. The van der Waals surface area contributed by atoms with Gasteiger partial charge in [0, 0.05) is 5.41 Å². The van der Waals surface area contributed by atoms with Crippen LogP contribution >= 0.6 is 0 Å². The van der Waals surface area contributed by atoms with Gasteiger partial charge in [-0.25, -0.2) is 0 Å². The van der Waals surface area contributed by atoms with E-state index in [-0.39, 0.29) is 46.0 Å². The van der Waals surface area contributed by atoms with Crippen molar-refractivity contribution >= 4 is 5.97 Å². The molecule has 29 atom stereocenters. The van der Waals surface area contributed by atoms with E-state index in [4.69, 9.17) is 37.9 Å². The van der Waals surface area contributed by atoms with Crippen LogP contribution in [0.3, 0.4) is 0 Å². The molecular formula is C54H88O24. The molecule has 4 heterocycles. The van der Waals surface area contributed by atoms with Gasteiger partial charge in [-0.05, 0) is 104 Å². The molecular weight excluding hydrogens is 1030 g/mol. The van der Waals surface area contributed by atoms with Crippen LogP contribution in [0.2, 0.25) is 0 Å². The Bertz CT molecular complexity index is 2130. The van der Waals surface area contributed by atoms with Crippen molar-refractivity contribution in [3.8, 4) is 0 Å². The van der Waals surface area contributed by atoms with Gasteiger partial charge in [0.25, 0.3) is 0 Å². The number of carbonyl (C=O) groups is 1. The molecule has 0 aromatic rings. The van der Waals surface area contributed by atoms with E-state index in [0.29, 0.717) is 51.4 Å². The van der Waals surface area contributed by atoms with Crippen molar-refractivity contribution in [1.82, 2.24) is 0 Å². The second kappa shape index (κ2) is 22.4. The first kappa shape index (κ1) is 60.9. The van der Waals surface area contributed by atoms with Crippen molar-refractivity contribution in [1.29, 1.82) is 0 Å². The molecule has 0 aromatic heterocycles. The Hall–Kier alpha value is -1.67. The fraction of sp³-hybridized carbons (Fsp3) is 0.944. The number of aliphatic hydroxyl groups is 15. The summed E-state index contributed by atoms with van der Waals surface area (Å²) < 4.78 is 47.1. The summed E-state index contributed by atoms with van der Waals surface area (Å²) in [6.07, 6.45) is -25.5. The normalized spacial score (nSPS) is 54.1. The summed E-state index contributed by atoms with van der Waals surface area (Å²) in [5.41, 5.74) is -1.70. The highest BCUT2D eigenvalue weighted by atomic mass is 16.8. The van der Waals surface area contributed by atoms with Crippen LogP contribution < -0.4 is 0 Å². The number of carbonyl (C=O) groups excluding carboxylic acids is 1. The van der Waals surface area contributed by atoms with Gasteiger partial charge in [0.1, 0.15) is 97.7 Å². The van der Waals surface area contributed by atoms with Crippen molar-refractivity contribution in [2.45, 2.75) is 235 Å². The average molecular weight is 1120 g/mol. The highest BCUT2D eigenvalue weighted by Crippen LogP contribution is 2.76. The third kappa shape index (κ3) is 9.76. The first-order chi connectivity index (χ1) is 36.6. The minimum atomic E-state index is -1.99. The molecule has 0 spiro atoms. The zero-order valence-electron chi connectivity index (χ0n) is 45.4. The zero-order chi connectivity index (χ0) is 57.0. The van der Waals surface area contributed by atoms with Crippen LogP contribution in [0, 0.1) is 50.2 Å². The van der Waals surface area contributed by atoms with Gasteiger partial charge in [-0.1, -0.05) is 53.2 Å². The molecule has 5 aliphatic carbocycles. The first-order valence-electron chi connectivity index (χ1n) is 28.0. The van der Waals surface area contributed by atoms with Crippen molar-refractivity contribution < 1.29 is 119 Å². The van der Waals surface area contributed by atoms with Crippen LogP contribution in [-0.2, 0) is 42.7 Å². The Balaban J connectivity index is 0.889. The number of hydrogen-bond donors (Lipinski definition) is 15. The van der Waals surface area contributed by atoms with Crippen LogP contribution in [-0.4, -0.2) is 245 Å². The Morgan fingerprint density at radius 1 is 0.526 bits per heavy atom. The summed E-state index contributed by atoms with van der Waals surface area (Å²) in [7, 11) is 0. The topological polar surface area (TPSA) is 394 Å². The largest absolute Gasteiger partial charge is 0.432 e. The lowest BCUT2D eigenvalue weighted by Gasteiger charge is -2.71. The van der Waals surface area contributed by atoms with Crippen LogP contribution in [0.15, 0.2) is 11.6 Å². The molecule has 4 saturated heterocycles. The Kier molecular flexibility index (Phi) is 17.5. The standard InChI is InChI=1S/C54H88O24/c1-49(2)13-15-54(48(70)78-47-39(67)35(63)33(61)26(19-56)72-47)16-14-52(5)23(24(54)17-49)7-8-30-50(3)11-10-31(51(4,22-59)29(50)9-12-53(30,52)6)75-44-40(68)36(64)42(27(20-57)73-44)77-46-41(69)37(65)43(28(21-58)74-46)76-45-38(66)34(62)32(60)25(18-55)71-45/h7,24-47,55-69H,8-22H2,1-6H3. The Morgan fingerprint density at radius 2 is 1.00 bits per heavy atom. The van der Waals surface area contributed by atoms with E-state index in [1.165, 1.54) is 5.57 Å². The van der Waals surface area contributed by atoms with E-state index < -0.39 is 172 Å². The van der Waals surface area contributed by atoms with Gasteiger partial charge >= 0.3 is 5.97 Å². The van der Waals surface area contributed by atoms with E-state index in [0.717, 1.165) is 12.8 Å². The lowest BCUT2D eigenvalue weighted by molar-refractivity contribution is -0.383. The molecule has 0 bridgehead atoms. The zero-order valence-corrected chi connectivity index (χ0v) is 45.4. The summed E-state index contributed by atoms with van der Waals surface area (Å²) >= 11 is 0. The Labute approximate surface area is 453 Å². The quantitative estimate of drug-likeness (QED) is 0.0494. The van der Waals surface area contributed by atoms with E-state index in [1.54, 1.807) is 0 Å². The van der Waals surface area contributed by atoms with Gasteiger partial charge in [0.05, 0.1) is 44.6 Å². The molecule has 8 fully saturated rings. The van der Waals surface area contributed by atoms with Crippen LogP contribution in [0.5, 0.6) is 0 Å². The summed E-state index contributed by atoms with van der Waals surface area (Å²) in [6.45, 7) is 10.0. The SMILES string of the molecule is CC1(C)CCC2(C(=O)OC3OC(CO)C(O)C(O)C3O)CCC3(C)C(=CCC4C5(C)CCC(OC6OC(CO)C(OC7OC(CO)C(OC8OC(CO)C(O)C(O)C8O)C(O)C7O)C(O)C6O)C(C)(CO)C5CCC43C)C2C1. The van der Waals surface area contributed by atoms with Gasteiger partial charge in [-0.15, -0.1) is 0 Å². The number of allylic oxidation sites excluding steroid dienone is 2. The number of aliphatic hydroxyl groups excluding tert-OH is 15. The van der Waals surface area contributed by atoms with Crippen LogP contribution in [0.4, 0.5) is 0 Å². The molecule has 15 N–H and O–H groups in total. The lowest BCUT2D eigenvalue weighted by Crippen LogP contribution is -2.68. The molecule has 0 aromatic carbocycles. The van der Waals surface area contributed by atoms with Gasteiger partial charge < -0.3 is 114 Å². The lowest BCUT2D eigenvalue weighted by atomic mass is 9.33. The molecule has 24 nitrogen and oxygen atoms in total. The van der Waals surface area contributed by atoms with Gasteiger partial charge in [-0.3, -0.25) is 4.79 Å². The summed E-state index contributed by atoms with van der Waals surface area (Å²) in [4.78, 5) is 14.7. The molecule has 9 aliphatic rings. The molecule has 4 aliphatic heterocycles. The minimum absolute atomic E-state index is 0.102. The molecule has 9 rings (SSSR count). The maximum atomic E-state index is 14.7. The fourth-order valence-electron chi connectivity index (χ4n) is 16.5. The van der Waals surface area contributed by atoms with Gasteiger partial charge in [-0.2, -0.15) is 0 Å². The third-order valence-corrected chi connectivity index (χ3v) is 21.6. The van der Waals surface area contributed by atoms with Crippen molar-refractivity contribution in [3.63, 3.8) is 0 Å². The number of hydrogen-bond acceptors (Lipinski definition) is 24. The number of fused-ring (bicyclic) bond motifs is 7. The second-order valence-corrected chi connectivity index (χ2v) is 26.1. The molecule has 29 unspecified atom stereocenters. The minimum Gasteiger partial charge on any atom is -0.432 e. The molecule has 448 valence electrons.